The topological polar surface area (TPSA) is 41.1 Å². The number of hydrogen-bond acceptors (Lipinski definition) is 2. The zero-order valence-electron chi connectivity index (χ0n) is 12.2. The van der Waals surface area contributed by atoms with Crippen LogP contribution in [0.25, 0.3) is 0 Å². The zero-order chi connectivity index (χ0) is 15.2. The zero-order valence-corrected chi connectivity index (χ0v) is 12.9. The second-order valence-corrected chi connectivity index (χ2v) is 5.50. The van der Waals surface area contributed by atoms with E-state index in [0.29, 0.717) is 5.02 Å². The standard InChI is InChI=1S/C17H19ClN2O/c1-12-3-9-16(10-4-12)20-17(21)11-19-13(2)14-5-7-15(18)8-6-14/h3-10,13,19H,11H2,1-2H3,(H,20,21)/t13-/m0/s1. The van der Waals surface area contributed by atoms with Crippen LogP contribution >= 0.6 is 11.6 Å². The first-order valence-electron chi connectivity index (χ1n) is 6.90. The quantitative estimate of drug-likeness (QED) is 0.878. The third-order valence-corrected chi connectivity index (χ3v) is 3.53. The molecule has 0 aliphatic carbocycles. The molecule has 0 saturated heterocycles. The van der Waals surface area contributed by atoms with Crippen molar-refractivity contribution < 1.29 is 4.79 Å². The second kappa shape index (κ2) is 7.25. The van der Waals surface area contributed by atoms with Crippen LogP contribution in [0.3, 0.4) is 0 Å². The summed E-state index contributed by atoms with van der Waals surface area (Å²) in [6.07, 6.45) is 0. The van der Waals surface area contributed by atoms with Crippen molar-refractivity contribution in [2.75, 3.05) is 11.9 Å². The van der Waals surface area contributed by atoms with Crippen LogP contribution in [0.1, 0.15) is 24.1 Å². The molecule has 1 atom stereocenters. The largest absolute Gasteiger partial charge is 0.325 e. The van der Waals surface area contributed by atoms with E-state index in [9.17, 15) is 4.79 Å². The lowest BCUT2D eigenvalue weighted by molar-refractivity contribution is -0.115. The molecule has 2 aromatic rings. The van der Waals surface area contributed by atoms with Crippen molar-refractivity contribution in [3.05, 3.63) is 64.7 Å². The summed E-state index contributed by atoms with van der Waals surface area (Å²) in [6, 6.07) is 15.4. The number of halogens is 1. The van der Waals surface area contributed by atoms with Crippen LogP contribution in [-0.4, -0.2) is 12.5 Å². The highest BCUT2D eigenvalue weighted by molar-refractivity contribution is 6.30. The van der Waals surface area contributed by atoms with Gasteiger partial charge in [0.05, 0.1) is 6.54 Å². The second-order valence-electron chi connectivity index (χ2n) is 5.07. The van der Waals surface area contributed by atoms with Crippen molar-refractivity contribution in [2.24, 2.45) is 0 Å². The van der Waals surface area contributed by atoms with Gasteiger partial charge in [0.2, 0.25) is 5.91 Å². The third-order valence-electron chi connectivity index (χ3n) is 3.27. The number of anilines is 1. The minimum absolute atomic E-state index is 0.0559. The third kappa shape index (κ3) is 4.88. The summed E-state index contributed by atoms with van der Waals surface area (Å²) >= 11 is 5.86. The monoisotopic (exact) mass is 302 g/mol. The fourth-order valence-electron chi connectivity index (χ4n) is 1.96. The van der Waals surface area contributed by atoms with Gasteiger partial charge in [-0.05, 0) is 43.7 Å². The predicted molar refractivity (Wildman–Crippen MR) is 87.7 cm³/mol. The lowest BCUT2D eigenvalue weighted by atomic mass is 10.1. The summed E-state index contributed by atoms with van der Waals surface area (Å²) in [5.74, 6) is -0.0559. The average molecular weight is 303 g/mol. The predicted octanol–water partition coefficient (Wildman–Crippen LogP) is 3.94. The molecule has 110 valence electrons. The maximum absolute atomic E-state index is 11.9. The van der Waals surface area contributed by atoms with E-state index in [1.165, 1.54) is 5.56 Å². The van der Waals surface area contributed by atoms with Gasteiger partial charge in [-0.2, -0.15) is 0 Å². The molecule has 1 amide bonds. The highest BCUT2D eigenvalue weighted by Gasteiger charge is 2.08. The van der Waals surface area contributed by atoms with Gasteiger partial charge in [0, 0.05) is 16.8 Å². The Bertz CT molecular complexity index is 593. The van der Waals surface area contributed by atoms with Crippen LogP contribution in [-0.2, 0) is 4.79 Å². The molecule has 0 aromatic heterocycles. The Labute approximate surface area is 130 Å². The van der Waals surface area contributed by atoms with Gasteiger partial charge in [0.15, 0.2) is 0 Å². The lowest BCUT2D eigenvalue weighted by Gasteiger charge is -2.14. The Hall–Kier alpha value is -1.84. The molecule has 0 bridgehead atoms. The highest BCUT2D eigenvalue weighted by atomic mass is 35.5. The van der Waals surface area contributed by atoms with E-state index in [0.717, 1.165) is 11.3 Å². The molecule has 0 aliphatic heterocycles. The summed E-state index contributed by atoms with van der Waals surface area (Å²) in [7, 11) is 0. The van der Waals surface area contributed by atoms with Crippen LogP contribution in [0.4, 0.5) is 5.69 Å². The molecule has 0 heterocycles. The molecule has 21 heavy (non-hydrogen) atoms. The first-order chi connectivity index (χ1) is 10.0. The SMILES string of the molecule is Cc1ccc(NC(=O)CN[C@@H](C)c2ccc(Cl)cc2)cc1. The van der Waals surface area contributed by atoms with Crippen LogP contribution in [0.2, 0.25) is 5.02 Å². The smallest absolute Gasteiger partial charge is 0.238 e. The molecule has 2 aromatic carbocycles. The molecule has 3 nitrogen and oxygen atoms in total. The van der Waals surface area contributed by atoms with Crippen molar-refractivity contribution in [2.45, 2.75) is 19.9 Å². The van der Waals surface area contributed by atoms with Gasteiger partial charge in [-0.1, -0.05) is 41.4 Å². The normalized spacial score (nSPS) is 12.0. The number of amides is 1. The Morgan fingerprint density at radius 2 is 1.71 bits per heavy atom. The van der Waals surface area contributed by atoms with E-state index in [1.807, 2.05) is 62.4 Å². The van der Waals surface area contributed by atoms with Crippen molar-refractivity contribution >= 4 is 23.2 Å². The fraction of sp³-hybridized carbons (Fsp3) is 0.235. The summed E-state index contributed by atoms with van der Waals surface area (Å²) in [4.78, 5) is 11.9. The Kier molecular flexibility index (Phi) is 5.37. The van der Waals surface area contributed by atoms with Crippen LogP contribution in [0.15, 0.2) is 48.5 Å². The molecule has 0 aliphatic rings. The van der Waals surface area contributed by atoms with E-state index in [-0.39, 0.29) is 18.5 Å². The van der Waals surface area contributed by atoms with Gasteiger partial charge in [0.1, 0.15) is 0 Å². The fourth-order valence-corrected chi connectivity index (χ4v) is 2.08. The van der Waals surface area contributed by atoms with E-state index in [1.54, 1.807) is 0 Å². The molecular weight excluding hydrogens is 284 g/mol. The van der Waals surface area contributed by atoms with Gasteiger partial charge < -0.3 is 10.6 Å². The minimum Gasteiger partial charge on any atom is -0.325 e. The molecule has 0 unspecified atom stereocenters. The average Bonchev–Trinajstić information content (AvgIpc) is 2.48. The summed E-state index contributed by atoms with van der Waals surface area (Å²) < 4.78 is 0. The maximum Gasteiger partial charge on any atom is 0.238 e. The summed E-state index contributed by atoms with van der Waals surface area (Å²) in [5, 5.41) is 6.77. The van der Waals surface area contributed by atoms with Gasteiger partial charge in [0.25, 0.3) is 0 Å². The van der Waals surface area contributed by atoms with Crippen LogP contribution < -0.4 is 10.6 Å². The Morgan fingerprint density at radius 3 is 2.33 bits per heavy atom. The summed E-state index contributed by atoms with van der Waals surface area (Å²) in [6.45, 7) is 4.29. The van der Waals surface area contributed by atoms with Crippen molar-refractivity contribution in [3.63, 3.8) is 0 Å². The molecule has 2 N–H and O–H groups in total. The van der Waals surface area contributed by atoms with E-state index >= 15 is 0 Å². The number of carbonyl (C=O) groups is 1. The van der Waals surface area contributed by atoms with Crippen LogP contribution in [0.5, 0.6) is 0 Å². The summed E-state index contributed by atoms with van der Waals surface area (Å²) in [5.41, 5.74) is 3.08. The molecule has 0 fully saturated rings. The number of carbonyl (C=O) groups excluding carboxylic acids is 1. The van der Waals surface area contributed by atoms with Gasteiger partial charge in [-0.3, -0.25) is 4.79 Å². The first kappa shape index (κ1) is 15.5. The number of nitrogens with one attached hydrogen (secondary N) is 2. The Morgan fingerprint density at radius 1 is 1.10 bits per heavy atom. The number of hydrogen-bond donors (Lipinski definition) is 2. The molecule has 4 heteroatoms. The van der Waals surface area contributed by atoms with E-state index in [4.69, 9.17) is 11.6 Å². The maximum atomic E-state index is 11.9. The number of aryl methyl sites for hydroxylation is 1. The molecule has 0 spiro atoms. The lowest BCUT2D eigenvalue weighted by Crippen LogP contribution is -2.30. The van der Waals surface area contributed by atoms with Crippen molar-refractivity contribution in [1.82, 2.24) is 5.32 Å². The molecule has 0 radical (unpaired) electrons. The first-order valence-corrected chi connectivity index (χ1v) is 7.28. The molecular formula is C17H19ClN2O. The van der Waals surface area contributed by atoms with E-state index < -0.39 is 0 Å². The van der Waals surface area contributed by atoms with Crippen molar-refractivity contribution in [3.8, 4) is 0 Å². The number of benzene rings is 2. The molecule has 2 rings (SSSR count). The number of rotatable bonds is 5. The van der Waals surface area contributed by atoms with E-state index in [2.05, 4.69) is 10.6 Å². The van der Waals surface area contributed by atoms with Gasteiger partial charge in [-0.15, -0.1) is 0 Å². The van der Waals surface area contributed by atoms with Gasteiger partial charge >= 0.3 is 0 Å². The van der Waals surface area contributed by atoms with Crippen molar-refractivity contribution in [1.29, 1.82) is 0 Å². The van der Waals surface area contributed by atoms with Crippen LogP contribution in [0, 0.1) is 6.92 Å². The molecule has 0 saturated carbocycles. The Balaban J connectivity index is 1.83. The highest BCUT2D eigenvalue weighted by Crippen LogP contribution is 2.15. The minimum atomic E-state index is -0.0559. The van der Waals surface area contributed by atoms with Gasteiger partial charge in [-0.25, -0.2) is 0 Å².